The summed E-state index contributed by atoms with van der Waals surface area (Å²) < 4.78 is 2.07. The van der Waals surface area contributed by atoms with Gasteiger partial charge in [-0.1, -0.05) is 30.1 Å². The molecule has 2 atom stereocenters. The van der Waals surface area contributed by atoms with Crippen molar-refractivity contribution in [3.63, 3.8) is 0 Å². The molecule has 0 saturated heterocycles. The molecule has 1 aromatic heterocycles. The standard InChI is InChI=1S/C12H16BN3/c13-7-9-5-6-10(9)8-16-12-4-2-1-3-11(12)14-15-16/h1-4,9-10H,5-8,13H2/t9-,10+/m0/s1. The van der Waals surface area contributed by atoms with Crippen LogP contribution in [0.15, 0.2) is 24.3 Å². The minimum Gasteiger partial charge on any atom is -0.244 e. The van der Waals surface area contributed by atoms with Crippen LogP contribution in [0.25, 0.3) is 11.0 Å². The fourth-order valence-electron chi connectivity index (χ4n) is 2.69. The number of hydrogen-bond acceptors (Lipinski definition) is 2. The smallest absolute Gasteiger partial charge is 0.113 e. The van der Waals surface area contributed by atoms with Crippen LogP contribution in [0.3, 0.4) is 0 Å². The Bertz CT molecular complexity index is 492. The Balaban J connectivity index is 1.84. The van der Waals surface area contributed by atoms with Crippen LogP contribution >= 0.6 is 0 Å². The third kappa shape index (κ3) is 1.53. The van der Waals surface area contributed by atoms with Gasteiger partial charge in [-0.25, -0.2) is 4.68 Å². The van der Waals surface area contributed by atoms with E-state index in [0.29, 0.717) is 0 Å². The molecule has 3 rings (SSSR count). The van der Waals surface area contributed by atoms with E-state index in [1.165, 1.54) is 24.7 Å². The molecule has 0 aliphatic heterocycles. The van der Waals surface area contributed by atoms with Crippen molar-refractivity contribution in [3.05, 3.63) is 24.3 Å². The fraction of sp³-hybridized carbons (Fsp3) is 0.500. The Morgan fingerprint density at radius 3 is 2.81 bits per heavy atom. The maximum absolute atomic E-state index is 4.25. The Labute approximate surface area is 96.2 Å². The average molecular weight is 213 g/mol. The highest BCUT2D eigenvalue weighted by atomic mass is 15.4. The van der Waals surface area contributed by atoms with Crippen LogP contribution in [0.4, 0.5) is 0 Å². The van der Waals surface area contributed by atoms with E-state index in [9.17, 15) is 0 Å². The van der Waals surface area contributed by atoms with Gasteiger partial charge in [0.15, 0.2) is 0 Å². The zero-order valence-corrected chi connectivity index (χ0v) is 9.63. The van der Waals surface area contributed by atoms with Crippen molar-refractivity contribution in [1.82, 2.24) is 15.0 Å². The summed E-state index contributed by atoms with van der Waals surface area (Å²) in [6.45, 7) is 1.04. The second kappa shape index (κ2) is 3.93. The predicted molar refractivity (Wildman–Crippen MR) is 67.1 cm³/mol. The Morgan fingerprint density at radius 2 is 2.06 bits per heavy atom. The van der Waals surface area contributed by atoms with Crippen LogP contribution < -0.4 is 0 Å². The molecule has 82 valence electrons. The van der Waals surface area contributed by atoms with Gasteiger partial charge in [0.1, 0.15) is 13.4 Å². The lowest BCUT2D eigenvalue weighted by Gasteiger charge is -2.36. The average Bonchev–Trinajstić information content (AvgIpc) is 2.68. The number of rotatable bonds is 3. The number of benzene rings is 1. The molecule has 1 aliphatic carbocycles. The number of para-hydroxylation sites is 1. The molecule has 1 fully saturated rings. The maximum Gasteiger partial charge on any atom is 0.113 e. The highest BCUT2D eigenvalue weighted by molar-refractivity contribution is 6.08. The van der Waals surface area contributed by atoms with Crippen molar-refractivity contribution >= 4 is 18.9 Å². The summed E-state index contributed by atoms with van der Waals surface area (Å²) >= 11 is 0. The number of hydrogen-bond donors (Lipinski definition) is 0. The van der Waals surface area contributed by atoms with Gasteiger partial charge in [0.25, 0.3) is 0 Å². The van der Waals surface area contributed by atoms with E-state index in [0.717, 1.165) is 23.9 Å². The molecule has 1 heterocycles. The van der Waals surface area contributed by atoms with Gasteiger partial charge in [0.05, 0.1) is 5.52 Å². The molecule has 0 bridgehead atoms. The van der Waals surface area contributed by atoms with E-state index < -0.39 is 0 Å². The SMILES string of the molecule is BC[C@@H]1CC[C@@H]1Cn1nnc2ccccc21. The third-order valence-corrected chi connectivity index (χ3v) is 3.93. The van der Waals surface area contributed by atoms with Crippen LogP contribution in [-0.4, -0.2) is 22.8 Å². The van der Waals surface area contributed by atoms with Gasteiger partial charge in [-0.3, -0.25) is 0 Å². The maximum atomic E-state index is 4.25. The molecule has 1 aliphatic rings. The molecule has 3 nitrogen and oxygen atoms in total. The first-order chi connectivity index (χ1) is 7.88. The van der Waals surface area contributed by atoms with Gasteiger partial charge in [0, 0.05) is 6.54 Å². The van der Waals surface area contributed by atoms with Gasteiger partial charge in [-0.15, -0.1) is 5.10 Å². The van der Waals surface area contributed by atoms with Crippen LogP contribution in [0.5, 0.6) is 0 Å². The van der Waals surface area contributed by atoms with E-state index in [-0.39, 0.29) is 0 Å². The van der Waals surface area contributed by atoms with Crippen molar-refractivity contribution in [2.24, 2.45) is 11.8 Å². The zero-order chi connectivity index (χ0) is 11.0. The van der Waals surface area contributed by atoms with Crippen molar-refractivity contribution in [2.75, 3.05) is 0 Å². The van der Waals surface area contributed by atoms with E-state index in [2.05, 4.69) is 35.0 Å². The molecule has 2 aromatic rings. The Morgan fingerprint density at radius 1 is 1.25 bits per heavy atom. The molecule has 0 N–H and O–H groups in total. The van der Waals surface area contributed by atoms with E-state index in [1.807, 2.05) is 12.1 Å². The molecule has 0 radical (unpaired) electrons. The first-order valence-electron chi connectivity index (χ1n) is 6.16. The minimum atomic E-state index is 0.815. The summed E-state index contributed by atoms with van der Waals surface area (Å²) in [5.41, 5.74) is 2.18. The number of aromatic nitrogens is 3. The first-order valence-corrected chi connectivity index (χ1v) is 6.16. The third-order valence-electron chi connectivity index (χ3n) is 3.93. The highest BCUT2D eigenvalue weighted by Gasteiger charge is 2.29. The molecule has 16 heavy (non-hydrogen) atoms. The van der Waals surface area contributed by atoms with Gasteiger partial charge >= 0.3 is 0 Å². The molecular weight excluding hydrogens is 197 g/mol. The molecule has 4 heteroatoms. The normalized spacial score (nSPS) is 24.5. The summed E-state index contributed by atoms with van der Waals surface area (Å²) in [5, 5.41) is 8.45. The summed E-state index contributed by atoms with van der Waals surface area (Å²) in [7, 11) is 2.29. The Kier molecular flexibility index (Phi) is 2.42. The van der Waals surface area contributed by atoms with Crippen LogP contribution in [0.1, 0.15) is 12.8 Å². The van der Waals surface area contributed by atoms with Gasteiger partial charge < -0.3 is 0 Å². The van der Waals surface area contributed by atoms with Crippen LogP contribution in [0, 0.1) is 11.8 Å². The van der Waals surface area contributed by atoms with Crippen molar-refractivity contribution in [2.45, 2.75) is 25.7 Å². The number of fused-ring (bicyclic) bond motifs is 1. The molecule has 0 amide bonds. The predicted octanol–water partition coefficient (Wildman–Crippen LogP) is 1.51. The van der Waals surface area contributed by atoms with Crippen molar-refractivity contribution < 1.29 is 0 Å². The largest absolute Gasteiger partial charge is 0.244 e. The lowest BCUT2D eigenvalue weighted by Crippen LogP contribution is -2.29. The fourth-order valence-corrected chi connectivity index (χ4v) is 2.69. The van der Waals surface area contributed by atoms with E-state index >= 15 is 0 Å². The molecule has 0 unspecified atom stereocenters. The van der Waals surface area contributed by atoms with Crippen molar-refractivity contribution in [1.29, 1.82) is 0 Å². The molecule has 0 spiro atoms. The first kappa shape index (κ1) is 9.88. The van der Waals surface area contributed by atoms with Crippen LogP contribution in [0.2, 0.25) is 6.32 Å². The topological polar surface area (TPSA) is 30.7 Å². The van der Waals surface area contributed by atoms with E-state index in [1.54, 1.807) is 0 Å². The summed E-state index contributed by atoms with van der Waals surface area (Å²) in [6, 6.07) is 8.20. The van der Waals surface area contributed by atoms with Gasteiger partial charge in [0.2, 0.25) is 0 Å². The molecule has 1 saturated carbocycles. The van der Waals surface area contributed by atoms with Gasteiger partial charge in [-0.2, -0.15) is 0 Å². The Hall–Kier alpha value is -1.32. The summed E-state index contributed by atoms with van der Waals surface area (Å²) in [5.74, 6) is 1.72. The lowest BCUT2D eigenvalue weighted by atomic mass is 9.68. The molecular formula is C12H16BN3. The lowest BCUT2D eigenvalue weighted by molar-refractivity contribution is 0.167. The minimum absolute atomic E-state index is 0.815. The van der Waals surface area contributed by atoms with Crippen molar-refractivity contribution in [3.8, 4) is 0 Å². The van der Waals surface area contributed by atoms with E-state index in [4.69, 9.17) is 0 Å². The number of nitrogens with zero attached hydrogens (tertiary/aromatic N) is 3. The quantitative estimate of drug-likeness (QED) is 0.723. The van der Waals surface area contributed by atoms with Crippen LogP contribution in [-0.2, 0) is 6.54 Å². The summed E-state index contributed by atoms with van der Waals surface area (Å²) in [4.78, 5) is 0. The summed E-state index contributed by atoms with van der Waals surface area (Å²) in [6.07, 6.45) is 4.05. The second-order valence-electron chi connectivity index (χ2n) is 4.77. The molecule has 1 aromatic carbocycles. The second-order valence-corrected chi connectivity index (χ2v) is 4.77. The monoisotopic (exact) mass is 213 g/mol. The highest BCUT2D eigenvalue weighted by Crippen LogP contribution is 2.37. The van der Waals surface area contributed by atoms with Gasteiger partial charge in [-0.05, 0) is 30.4 Å². The zero-order valence-electron chi connectivity index (χ0n) is 9.63.